The number of rotatable bonds is 4. The molecule has 1 heterocycles. The highest BCUT2D eigenvalue weighted by Gasteiger charge is 2.31. The molecule has 0 unspecified atom stereocenters. The lowest BCUT2D eigenvalue weighted by Gasteiger charge is -2.39. The van der Waals surface area contributed by atoms with Crippen molar-refractivity contribution in [2.24, 2.45) is 0 Å². The molecule has 0 spiro atoms. The van der Waals surface area contributed by atoms with Crippen LogP contribution in [0.2, 0.25) is 0 Å². The van der Waals surface area contributed by atoms with Crippen molar-refractivity contribution in [1.82, 2.24) is 0 Å². The number of hydrogen-bond donors (Lipinski definition) is 0. The Labute approximate surface area is 107 Å². The normalized spacial score (nSPS) is 15.9. The van der Waals surface area contributed by atoms with E-state index in [0.717, 1.165) is 18.7 Å². The summed E-state index contributed by atoms with van der Waals surface area (Å²) in [7, 11) is 1.67. The number of nitrogens with zero attached hydrogens (tertiary/aromatic N) is 2. The van der Waals surface area contributed by atoms with Crippen LogP contribution in [-0.4, -0.2) is 31.2 Å². The molecule has 0 aliphatic carbocycles. The molecule has 1 aromatic rings. The molecule has 0 atom stereocenters. The van der Waals surface area contributed by atoms with Gasteiger partial charge in [0, 0.05) is 26.3 Å². The Morgan fingerprint density at radius 2 is 2.11 bits per heavy atom. The molecule has 18 heavy (non-hydrogen) atoms. The monoisotopic (exact) mass is 250 g/mol. The first kappa shape index (κ1) is 12.8. The summed E-state index contributed by atoms with van der Waals surface area (Å²) in [5.74, 6) is 0.365. The number of methoxy groups -OCH3 is 1. The minimum Gasteiger partial charge on any atom is -0.378 e. The van der Waals surface area contributed by atoms with E-state index in [-0.39, 0.29) is 16.7 Å². The van der Waals surface area contributed by atoms with Gasteiger partial charge in [-0.25, -0.2) is 0 Å². The van der Waals surface area contributed by atoms with Crippen molar-refractivity contribution in [2.75, 3.05) is 25.1 Å². The summed E-state index contributed by atoms with van der Waals surface area (Å²) in [6.45, 7) is 5.61. The topological polar surface area (TPSA) is 55.6 Å². The van der Waals surface area contributed by atoms with Crippen LogP contribution < -0.4 is 4.90 Å². The molecule has 0 bridgehead atoms. The number of benzene rings is 1. The van der Waals surface area contributed by atoms with Crippen LogP contribution in [0.3, 0.4) is 0 Å². The van der Waals surface area contributed by atoms with Crippen LogP contribution in [0.4, 0.5) is 11.4 Å². The second-order valence-corrected chi connectivity index (χ2v) is 4.92. The molecule has 1 aliphatic rings. The van der Waals surface area contributed by atoms with Crippen molar-refractivity contribution in [3.8, 4) is 0 Å². The second kappa shape index (κ2) is 4.94. The number of nitro groups is 1. The van der Waals surface area contributed by atoms with Crippen LogP contribution >= 0.6 is 0 Å². The Hall–Kier alpha value is -1.62. The van der Waals surface area contributed by atoms with Gasteiger partial charge < -0.3 is 9.64 Å². The van der Waals surface area contributed by atoms with Crippen LogP contribution in [0.15, 0.2) is 18.2 Å². The molecule has 0 radical (unpaired) electrons. The molecule has 0 saturated carbocycles. The molecule has 5 nitrogen and oxygen atoms in total. The lowest BCUT2D eigenvalue weighted by molar-refractivity contribution is -0.384. The fourth-order valence-electron chi connectivity index (χ4n) is 2.09. The summed E-state index contributed by atoms with van der Waals surface area (Å²) in [6.07, 6.45) is 0.187. The molecule has 5 heteroatoms. The van der Waals surface area contributed by atoms with Crippen molar-refractivity contribution in [3.63, 3.8) is 0 Å². The first-order valence-corrected chi connectivity index (χ1v) is 6.09. The zero-order chi connectivity index (χ0) is 13.3. The van der Waals surface area contributed by atoms with Crippen LogP contribution in [0.5, 0.6) is 0 Å². The van der Waals surface area contributed by atoms with E-state index in [1.807, 2.05) is 17.0 Å². The van der Waals surface area contributed by atoms with Gasteiger partial charge >= 0.3 is 0 Å². The van der Waals surface area contributed by atoms with Crippen molar-refractivity contribution in [2.45, 2.75) is 25.9 Å². The first-order valence-electron chi connectivity index (χ1n) is 6.09. The molecule has 0 aromatic heterocycles. The fraction of sp³-hybridized carbons (Fsp3) is 0.538. The van der Waals surface area contributed by atoms with Crippen LogP contribution in [0, 0.1) is 10.1 Å². The standard InChI is InChI=1S/C13H18N2O3/c1-9(2)10-4-5-12(15(16)17)13(6-10)14-7-11(8-14)18-3/h4-6,9,11H,7-8H2,1-3H3. The molecule has 98 valence electrons. The Morgan fingerprint density at radius 1 is 1.44 bits per heavy atom. The number of hydrogen-bond acceptors (Lipinski definition) is 4. The van der Waals surface area contributed by atoms with Gasteiger partial charge in [0.25, 0.3) is 5.69 Å². The van der Waals surface area contributed by atoms with E-state index < -0.39 is 0 Å². The van der Waals surface area contributed by atoms with Gasteiger partial charge in [0.05, 0.1) is 11.0 Å². The third kappa shape index (κ3) is 2.31. The summed E-state index contributed by atoms with van der Waals surface area (Å²) >= 11 is 0. The molecule has 1 fully saturated rings. The third-order valence-electron chi connectivity index (χ3n) is 3.38. The summed E-state index contributed by atoms with van der Waals surface area (Å²) in [5.41, 5.74) is 2.00. The zero-order valence-electron chi connectivity index (χ0n) is 10.9. The quantitative estimate of drug-likeness (QED) is 0.608. The van der Waals surface area contributed by atoms with Gasteiger partial charge in [0.2, 0.25) is 0 Å². The summed E-state index contributed by atoms with van der Waals surface area (Å²) in [5, 5.41) is 11.0. The largest absolute Gasteiger partial charge is 0.378 e. The van der Waals surface area contributed by atoms with E-state index in [0.29, 0.717) is 11.6 Å². The van der Waals surface area contributed by atoms with Crippen molar-refractivity contribution in [1.29, 1.82) is 0 Å². The Balaban J connectivity index is 2.30. The smallest absolute Gasteiger partial charge is 0.292 e. The molecular formula is C13H18N2O3. The summed E-state index contributed by atoms with van der Waals surface area (Å²) in [4.78, 5) is 12.7. The van der Waals surface area contributed by atoms with Crippen molar-refractivity contribution in [3.05, 3.63) is 33.9 Å². The van der Waals surface area contributed by atoms with Gasteiger partial charge in [0.1, 0.15) is 5.69 Å². The maximum Gasteiger partial charge on any atom is 0.292 e. The zero-order valence-corrected chi connectivity index (χ0v) is 10.9. The molecule has 2 rings (SSSR count). The molecule has 1 saturated heterocycles. The predicted octanol–water partition coefficient (Wildman–Crippen LogP) is 2.55. The minimum absolute atomic E-state index is 0.175. The summed E-state index contributed by atoms with van der Waals surface area (Å²) in [6, 6.07) is 5.36. The van der Waals surface area contributed by atoms with E-state index in [9.17, 15) is 10.1 Å². The first-order chi connectivity index (χ1) is 8.52. The average Bonchev–Trinajstić information content (AvgIpc) is 2.27. The molecule has 1 aliphatic heterocycles. The predicted molar refractivity (Wildman–Crippen MR) is 70.2 cm³/mol. The Morgan fingerprint density at radius 3 is 2.61 bits per heavy atom. The van der Waals surface area contributed by atoms with Gasteiger partial charge in [-0.3, -0.25) is 10.1 Å². The highest BCUT2D eigenvalue weighted by atomic mass is 16.6. The molecular weight excluding hydrogens is 232 g/mol. The van der Waals surface area contributed by atoms with E-state index >= 15 is 0 Å². The maximum atomic E-state index is 11.0. The number of ether oxygens (including phenoxy) is 1. The average molecular weight is 250 g/mol. The van der Waals surface area contributed by atoms with Gasteiger partial charge in [0.15, 0.2) is 0 Å². The van der Waals surface area contributed by atoms with E-state index in [2.05, 4.69) is 13.8 Å². The highest BCUT2D eigenvalue weighted by molar-refractivity contribution is 5.66. The van der Waals surface area contributed by atoms with Crippen LogP contribution in [0.25, 0.3) is 0 Å². The molecule has 0 N–H and O–H groups in total. The van der Waals surface area contributed by atoms with Crippen LogP contribution in [-0.2, 0) is 4.74 Å². The number of anilines is 1. The SMILES string of the molecule is COC1CN(c2cc(C(C)C)ccc2[N+](=O)[O-])C1. The van der Waals surface area contributed by atoms with Gasteiger partial charge in [-0.15, -0.1) is 0 Å². The van der Waals surface area contributed by atoms with Gasteiger partial charge in [-0.1, -0.05) is 19.9 Å². The highest BCUT2D eigenvalue weighted by Crippen LogP contribution is 2.34. The van der Waals surface area contributed by atoms with Crippen LogP contribution in [0.1, 0.15) is 25.3 Å². The maximum absolute atomic E-state index is 11.0. The van der Waals surface area contributed by atoms with Crippen molar-refractivity contribution >= 4 is 11.4 Å². The van der Waals surface area contributed by atoms with Gasteiger partial charge in [-0.05, 0) is 17.5 Å². The lowest BCUT2D eigenvalue weighted by Crippen LogP contribution is -2.52. The van der Waals surface area contributed by atoms with Crippen molar-refractivity contribution < 1.29 is 9.66 Å². The number of nitro benzene ring substituents is 1. The Kier molecular flexibility index (Phi) is 3.52. The fourth-order valence-corrected chi connectivity index (χ4v) is 2.09. The molecule has 0 amide bonds. The van der Waals surface area contributed by atoms with Gasteiger partial charge in [-0.2, -0.15) is 0 Å². The lowest BCUT2D eigenvalue weighted by atomic mass is 10.00. The molecule has 1 aromatic carbocycles. The van der Waals surface area contributed by atoms with E-state index in [1.54, 1.807) is 13.2 Å². The van der Waals surface area contributed by atoms with E-state index in [4.69, 9.17) is 4.74 Å². The minimum atomic E-state index is -0.320. The Bertz CT molecular complexity index is 454. The van der Waals surface area contributed by atoms with E-state index in [1.165, 1.54) is 0 Å². The second-order valence-electron chi connectivity index (χ2n) is 4.92. The summed E-state index contributed by atoms with van der Waals surface area (Å²) < 4.78 is 5.20. The third-order valence-corrected chi connectivity index (χ3v) is 3.38.